The molecular formula is C22H28Cl2O4. The summed E-state index contributed by atoms with van der Waals surface area (Å²) in [4.78, 5) is 23.7. The van der Waals surface area contributed by atoms with Crippen LogP contribution in [0.25, 0.3) is 0 Å². The van der Waals surface area contributed by atoms with E-state index in [1.165, 1.54) is 0 Å². The van der Waals surface area contributed by atoms with Crippen LogP contribution in [0.1, 0.15) is 46.5 Å². The van der Waals surface area contributed by atoms with Crippen molar-refractivity contribution >= 4 is 34.8 Å². The van der Waals surface area contributed by atoms with Gasteiger partial charge >= 0.3 is 0 Å². The number of allylic oxidation sites excluding steroid dienone is 4. The number of halogens is 2. The molecule has 2 N–H and O–H groups in total. The largest absolute Gasteiger partial charge is 0.391 e. The number of carbonyl (C=O) groups is 2. The number of hydrogen-bond donors (Lipinski definition) is 2. The van der Waals surface area contributed by atoms with Crippen molar-refractivity contribution in [2.24, 2.45) is 28.6 Å². The smallest absolute Gasteiger partial charge is 0.179 e. The highest BCUT2D eigenvalue weighted by molar-refractivity contribution is 6.29. The maximum absolute atomic E-state index is 12.7. The molecule has 0 aromatic heterocycles. The second kappa shape index (κ2) is 6.16. The van der Waals surface area contributed by atoms with Crippen LogP contribution in [0.4, 0.5) is 0 Å². The van der Waals surface area contributed by atoms with Crippen LogP contribution >= 0.6 is 23.2 Å². The standard InChI is InChI=1S/C22H28Cl2O4/c1-12-8-16-15-5-4-13-9-14(25)6-7-19(13,2)21(15,24)17(26)10-20(16,3)22(12,28)18(27)11-23/h6-7,9,12,15-17,26,28H,4-5,8,10-11H2,1-3H3/t12-,15?,16+,17+,19+,20+,21+,22+/m1/s1. The van der Waals surface area contributed by atoms with Gasteiger partial charge in [-0.05, 0) is 55.6 Å². The minimum absolute atomic E-state index is 0.00929. The van der Waals surface area contributed by atoms with E-state index in [-0.39, 0.29) is 41.6 Å². The van der Waals surface area contributed by atoms with Crippen molar-refractivity contribution in [1.29, 1.82) is 0 Å². The molecule has 6 heteroatoms. The van der Waals surface area contributed by atoms with E-state index in [2.05, 4.69) is 0 Å². The van der Waals surface area contributed by atoms with E-state index >= 15 is 0 Å². The predicted octanol–water partition coefficient (Wildman–Crippen LogP) is 3.41. The maximum Gasteiger partial charge on any atom is 0.179 e. The first-order valence-electron chi connectivity index (χ1n) is 10.1. The molecule has 0 bridgehead atoms. The van der Waals surface area contributed by atoms with Gasteiger partial charge in [0, 0.05) is 10.8 Å². The number of fused-ring (bicyclic) bond motifs is 5. The van der Waals surface area contributed by atoms with Gasteiger partial charge in [0.2, 0.25) is 0 Å². The summed E-state index contributed by atoms with van der Waals surface area (Å²) in [5, 5.41) is 22.9. The lowest BCUT2D eigenvalue weighted by molar-refractivity contribution is -0.175. The first kappa shape index (κ1) is 20.6. The number of aliphatic hydroxyl groups is 2. The zero-order chi connectivity index (χ0) is 20.7. The molecule has 0 aromatic rings. The van der Waals surface area contributed by atoms with Crippen molar-refractivity contribution < 1.29 is 19.8 Å². The lowest BCUT2D eigenvalue weighted by atomic mass is 9.45. The molecule has 4 nitrogen and oxygen atoms in total. The van der Waals surface area contributed by atoms with E-state index < -0.39 is 27.4 Å². The van der Waals surface area contributed by atoms with Crippen LogP contribution in [0, 0.1) is 28.6 Å². The van der Waals surface area contributed by atoms with Crippen LogP contribution < -0.4 is 0 Å². The molecule has 4 aliphatic carbocycles. The topological polar surface area (TPSA) is 74.6 Å². The minimum Gasteiger partial charge on any atom is -0.391 e. The Hall–Kier alpha value is -0.680. The van der Waals surface area contributed by atoms with Crippen LogP contribution in [-0.4, -0.2) is 44.2 Å². The molecule has 3 saturated carbocycles. The van der Waals surface area contributed by atoms with Gasteiger partial charge in [0.15, 0.2) is 11.6 Å². The molecular weight excluding hydrogens is 399 g/mol. The Kier molecular flexibility index (Phi) is 4.53. The van der Waals surface area contributed by atoms with E-state index in [1.807, 2.05) is 26.8 Å². The fraction of sp³-hybridized carbons (Fsp3) is 0.727. The molecule has 154 valence electrons. The Balaban J connectivity index is 1.84. The Bertz CT molecular complexity index is 806. The lowest BCUT2D eigenvalue weighted by Crippen LogP contribution is -2.68. The minimum atomic E-state index is -1.56. The van der Waals surface area contributed by atoms with Gasteiger partial charge in [0.1, 0.15) is 5.60 Å². The highest BCUT2D eigenvalue weighted by Crippen LogP contribution is 2.71. The summed E-state index contributed by atoms with van der Waals surface area (Å²) >= 11 is 13.2. The Morgan fingerprint density at radius 1 is 1.32 bits per heavy atom. The van der Waals surface area contributed by atoms with Crippen molar-refractivity contribution in [3.63, 3.8) is 0 Å². The van der Waals surface area contributed by atoms with Gasteiger partial charge in [-0.2, -0.15) is 0 Å². The molecule has 0 radical (unpaired) electrons. The molecule has 4 aliphatic rings. The first-order valence-corrected chi connectivity index (χ1v) is 11.0. The van der Waals surface area contributed by atoms with Crippen molar-refractivity contribution in [2.45, 2.75) is 63.0 Å². The average Bonchev–Trinajstić information content (AvgIpc) is 2.84. The molecule has 0 amide bonds. The van der Waals surface area contributed by atoms with Crippen LogP contribution in [-0.2, 0) is 9.59 Å². The Morgan fingerprint density at radius 2 is 2.00 bits per heavy atom. The molecule has 0 heterocycles. The molecule has 8 atom stereocenters. The molecule has 28 heavy (non-hydrogen) atoms. The monoisotopic (exact) mass is 426 g/mol. The summed E-state index contributed by atoms with van der Waals surface area (Å²) in [6, 6.07) is 0. The van der Waals surface area contributed by atoms with Crippen molar-refractivity contribution in [2.75, 3.05) is 5.88 Å². The van der Waals surface area contributed by atoms with Crippen LogP contribution in [0.3, 0.4) is 0 Å². The van der Waals surface area contributed by atoms with E-state index in [4.69, 9.17) is 23.2 Å². The number of ketones is 2. The maximum atomic E-state index is 12.7. The van der Waals surface area contributed by atoms with Crippen LogP contribution in [0.2, 0.25) is 0 Å². The Morgan fingerprint density at radius 3 is 2.64 bits per heavy atom. The fourth-order valence-electron chi connectivity index (χ4n) is 7.24. The summed E-state index contributed by atoms with van der Waals surface area (Å²) in [6.07, 6.45) is 6.47. The number of alkyl halides is 2. The molecule has 0 saturated heterocycles. The van der Waals surface area contributed by atoms with E-state index in [9.17, 15) is 19.8 Å². The second-order valence-electron chi connectivity index (χ2n) is 9.72. The van der Waals surface area contributed by atoms with Crippen molar-refractivity contribution in [3.8, 4) is 0 Å². The van der Waals surface area contributed by atoms with E-state index in [0.717, 1.165) is 18.4 Å². The summed E-state index contributed by atoms with van der Waals surface area (Å²) in [7, 11) is 0. The molecule has 0 aliphatic heterocycles. The lowest BCUT2D eigenvalue weighted by Gasteiger charge is -2.63. The number of hydrogen-bond acceptors (Lipinski definition) is 4. The van der Waals surface area contributed by atoms with Gasteiger partial charge < -0.3 is 10.2 Å². The highest BCUT2D eigenvalue weighted by atomic mass is 35.5. The Labute approximate surface area is 176 Å². The van der Waals surface area contributed by atoms with Crippen molar-refractivity contribution in [3.05, 3.63) is 23.8 Å². The van der Waals surface area contributed by atoms with Gasteiger partial charge in [-0.1, -0.05) is 32.4 Å². The zero-order valence-corrected chi connectivity index (χ0v) is 18.1. The number of rotatable bonds is 2. The van der Waals surface area contributed by atoms with Crippen LogP contribution in [0.15, 0.2) is 23.8 Å². The number of carbonyl (C=O) groups excluding carboxylic acids is 2. The third-order valence-corrected chi connectivity index (χ3v) is 9.94. The number of aliphatic hydroxyl groups excluding tert-OH is 1. The second-order valence-corrected chi connectivity index (χ2v) is 10.6. The quantitative estimate of drug-likeness (QED) is 0.663. The normalized spacial score (nSPS) is 52.5. The molecule has 4 rings (SSSR count). The summed E-state index contributed by atoms with van der Waals surface area (Å²) in [6.45, 7) is 5.81. The van der Waals surface area contributed by atoms with Gasteiger partial charge in [-0.25, -0.2) is 0 Å². The predicted molar refractivity (Wildman–Crippen MR) is 108 cm³/mol. The van der Waals surface area contributed by atoms with E-state index in [1.54, 1.807) is 12.2 Å². The van der Waals surface area contributed by atoms with Crippen molar-refractivity contribution in [1.82, 2.24) is 0 Å². The van der Waals surface area contributed by atoms with E-state index in [0.29, 0.717) is 6.42 Å². The average molecular weight is 427 g/mol. The third-order valence-electron chi connectivity index (χ3n) is 8.77. The third kappa shape index (κ3) is 2.16. The molecule has 3 fully saturated rings. The summed E-state index contributed by atoms with van der Waals surface area (Å²) in [5.41, 5.74) is -2.01. The van der Waals surface area contributed by atoms with Gasteiger partial charge in [-0.3, -0.25) is 9.59 Å². The summed E-state index contributed by atoms with van der Waals surface area (Å²) in [5.74, 6) is -1.00. The van der Waals surface area contributed by atoms with Crippen LogP contribution in [0.5, 0.6) is 0 Å². The number of Topliss-reactive ketones (excluding diaryl/α,β-unsaturated/α-hetero) is 1. The van der Waals surface area contributed by atoms with Gasteiger partial charge in [-0.15, -0.1) is 23.2 Å². The summed E-state index contributed by atoms with van der Waals surface area (Å²) < 4.78 is 0. The first-order chi connectivity index (χ1) is 13.0. The van der Waals surface area contributed by atoms with Gasteiger partial charge in [0.25, 0.3) is 0 Å². The molecule has 1 unspecified atom stereocenters. The highest BCUT2D eigenvalue weighted by Gasteiger charge is 2.74. The van der Waals surface area contributed by atoms with Gasteiger partial charge in [0.05, 0.1) is 16.9 Å². The SMILES string of the molecule is C[C@@H]1C[C@H]2C3CCC4=CC(=O)C=C[C@]4(C)[C@@]3(Cl)[C@@H](O)C[C@]2(C)[C@@]1(O)C(=O)CCl. The molecule has 0 spiro atoms. The molecule has 0 aromatic carbocycles. The fourth-order valence-corrected chi connectivity index (χ4v) is 7.97. The zero-order valence-electron chi connectivity index (χ0n) is 16.5.